The Balaban J connectivity index is 1.68. The average molecular weight is 415 g/mol. The Morgan fingerprint density at radius 3 is 2.32 bits per heavy atom. The van der Waals surface area contributed by atoms with Crippen molar-refractivity contribution in [3.8, 4) is 0 Å². The minimum atomic E-state index is -3.26. The zero-order valence-electron chi connectivity index (χ0n) is 15.0. The number of para-hydroxylation sites is 1. The summed E-state index contributed by atoms with van der Waals surface area (Å²) in [5.41, 5.74) is 2.06. The van der Waals surface area contributed by atoms with E-state index >= 15 is 0 Å². The quantitative estimate of drug-likeness (QED) is 0.647. The van der Waals surface area contributed by atoms with Gasteiger partial charge >= 0.3 is 0 Å². The monoisotopic (exact) mass is 414 g/mol. The summed E-state index contributed by atoms with van der Waals surface area (Å²) >= 11 is 1.42. The van der Waals surface area contributed by atoms with E-state index in [0.29, 0.717) is 16.8 Å². The Morgan fingerprint density at radius 2 is 1.68 bits per heavy atom. The van der Waals surface area contributed by atoms with E-state index in [4.69, 9.17) is 0 Å². The van der Waals surface area contributed by atoms with Crippen LogP contribution in [0.2, 0.25) is 0 Å². The van der Waals surface area contributed by atoms with Gasteiger partial charge in [-0.2, -0.15) is 11.3 Å². The molecule has 1 heterocycles. The molecule has 0 aliphatic rings. The molecule has 8 heteroatoms. The fraction of sp³-hybridized carbons (Fsp3) is 0.100. The van der Waals surface area contributed by atoms with Gasteiger partial charge in [-0.1, -0.05) is 24.3 Å². The summed E-state index contributed by atoms with van der Waals surface area (Å²) in [7, 11) is -3.26. The molecular formula is C20H18N2O4S2. The maximum atomic E-state index is 12.6. The molecule has 2 aromatic carbocycles. The van der Waals surface area contributed by atoms with Crippen molar-refractivity contribution >= 4 is 38.7 Å². The van der Waals surface area contributed by atoms with Crippen molar-refractivity contribution in [2.24, 2.45) is 0 Å². The van der Waals surface area contributed by atoms with Gasteiger partial charge in [-0.05, 0) is 41.3 Å². The Hall–Kier alpha value is -2.97. The minimum Gasteiger partial charge on any atom is -0.348 e. The molecule has 28 heavy (non-hydrogen) atoms. The molecule has 3 aromatic rings. The molecule has 0 aliphatic heterocycles. The van der Waals surface area contributed by atoms with Gasteiger partial charge in [0.05, 0.1) is 21.7 Å². The molecule has 2 N–H and O–H groups in total. The summed E-state index contributed by atoms with van der Waals surface area (Å²) in [6, 6.07) is 14.8. The number of benzene rings is 2. The van der Waals surface area contributed by atoms with Crippen LogP contribution in [0.3, 0.4) is 0 Å². The van der Waals surface area contributed by atoms with Gasteiger partial charge in [-0.25, -0.2) is 8.42 Å². The average Bonchev–Trinajstić information content (AvgIpc) is 3.21. The lowest BCUT2D eigenvalue weighted by Crippen LogP contribution is -2.24. The summed E-state index contributed by atoms with van der Waals surface area (Å²) in [5.74, 6) is -0.619. The van der Waals surface area contributed by atoms with E-state index in [-0.39, 0.29) is 23.3 Å². The third-order valence-electron chi connectivity index (χ3n) is 4.01. The van der Waals surface area contributed by atoms with E-state index in [1.807, 2.05) is 5.38 Å². The molecule has 3 rings (SSSR count). The molecule has 0 saturated carbocycles. The van der Waals surface area contributed by atoms with Gasteiger partial charge in [0.25, 0.3) is 11.8 Å². The number of carbonyl (C=O) groups is 2. The first-order valence-electron chi connectivity index (χ1n) is 8.34. The molecule has 0 spiro atoms. The molecule has 0 atom stereocenters. The molecule has 0 aliphatic carbocycles. The third kappa shape index (κ3) is 4.85. The number of carbonyl (C=O) groups excluding carboxylic acids is 2. The molecule has 144 valence electrons. The zero-order valence-corrected chi connectivity index (χ0v) is 16.6. The van der Waals surface area contributed by atoms with E-state index in [1.165, 1.54) is 23.5 Å². The lowest BCUT2D eigenvalue weighted by atomic mass is 10.1. The molecule has 0 radical (unpaired) electrons. The van der Waals surface area contributed by atoms with Crippen LogP contribution in [0.15, 0.2) is 70.3 Å². The number of nitrogens with one attached hydrogen (secondary N) is 2. The van der Waals surface area contributed by atoms with Gasteiger partial charge in [0.2, 0.25) is 0 Å². The molecule has 0 fully saturated rings. The van der Waals surface area contributed by atoms with Crippen molar-refractivity contribution in [1.29, 1.82) is 0 Å². The highest BCUT2D eigenvalue weighted by Crippen LogP contribution is 2.17. The predicted octanol–water partition coefficient (Wildman–Crippen LogP) is 3.33. The first-order chi connectivity index (χ1) is 13.3. The molecule has 0 bridgehead atoms. The second-order valence-electron chi connectivity index (χ2n) is 6.11. The predicted molar refractivity (Wildman–Crippen MR) is 109 cm³/mol. The molecular weight excluding hydrogens is 396 g/mol. The van der Waals surface area contributed by atoms with Crippen molar-refractivity contribution < 1.29 is 18.0 Å². The molecule has 0 saturated heterocycles. The third-order valence-corrected chi connectivity index (χ3v) is 5.82. The minimum absolute atomic E-state index is 0.226. The number of anilines is 1. The normalized spacial score (nSPS) is 11.0. The van der Waals surface area contributed by atoms with Crippen LogP contribution in [0, 0.1) is 0 Å². The number of hydrogen-bond donors (Lipinski definition) is 2. The van der Waals surface area contributed by atoms with E-state index in [0.717, 1.165) is 11.8 Å². The molecule has 6 nitrogen and oxygen atoms in total. The zero-order chi connectivity index (χ0) is 20.1. The molecule has 2 amide bonds. The van der Waals surface area contributed by atoms with Crippen LogP contribution in [-0.2, 0) is 16.4 Å². The van der Waals surface area contributed by atoms with Crippen molar-refractivity contribution in [2.75, 3.05) is 11.6 Å². The SMILES string of the molecule is CS(=O)(=O)c1ccc(CNC(=O)c2ccccc2NC(=O)c2ccsc2)cc1. The number of sulfone groups is 1. The Morgan fingerprint density at radius 1 is 0.964 bits per heavy atom. The lowest BCUT2D eigenvalue weighted by molar-refractivity contribution is 0.0951. The van der Waals surface area contributed by atoms with Crippen LogP contribution in [-0.4, -0.2) is 26.5 Å². The van der Waals surface area contributed by atoms with Crippen LogP contribution < -0.4 is 10.6 Å². The van der Waals surface area contributed by atoms with E-state index in [1.54, 1.807) is 47.8 Å². The number of amides is 2. The highest BCUT2D eigenvalue weighted by atomic mass is 32.2. The van der Waals surface area contributed by atoms with Crippen LogP contribution in [0.25, 0.3) is 0 Å². The number of thiophene rings is 1. The van der Waals surface area contributed by atoms with E-state index in [9.17, 15) is 18.0 Å². The van der Waals surface area contributed by atoms with Crippen LogP contribution >= 0.6 is 11.3 Å². The molecule has 0 unspecified atom stereocenters. The highest BCUT2D eigenvalue weighted by molar-refractivity contribution is 7.90. The van der Waals surface area contributed by atoms with Gasteiger partial charge in [-0.3, -0.25) is 9.59 Å². The van der Waals surface area contributed by atoms with Gasteiger partial charge in [0, 0.05) is 18.2 Å². The first kappa shape index (κ1) is 19.8. The van der Waals surface area contributed by atoms with Crippen LogP contribution in [0.1, 0.15) is 26.3 Å². The summed E-state index contributed by atoms with van der Waals surface area (Å²) < 4.78 is 23.0. The van der Waals surface area contributed by atoms with E-state index < -0.39 is 9.84 Å². The molecule has 1 aromatic heterocycles. The Labute approximate surface area is 167 Å². The smallest absolute Gasteiger partial charge is 0.256 e. The topological polar surface area (TPSA) is 92.3 Å². The van der Waals surface area contributed by atoms with Gasteiger partial charge < -0.3 is 10.6 Å². The summed E-state index contributed by atoms with van der Waals surface area (Å²) in [5, 5.41) is 9.08. The standard InChI is InChI=1S/C20H18N2O4S2/c1-28(25,26)16-8-6-14(7-9-16)12-21-20(24)17-4-2-3-5-18(17)22-19(23)15-10-11-27-13-15/h2-11,13H,12H2,1H3,(H,21,24)(H,22,23). The maximum absolute atomic E-state index is 12.6. The van der Waals surface area contributed by atoms with Gasteiger partial charge in [0.15, 0.2) is 9.84 Å². The van der Waals surface area contributed by atoms with Crippen molar-refractivity contribution in [2.45, 2.75) is 11.4 Å². The van der Waals surface area contributed by atoms with Gasteiger partial charge in [-0.15, -0.1) is 0 Å². The Bertz CT molecular complexity index is 1090. The maximum Gasteiger partial charge on any atom is 0.256 e. The van der Waals surface area contributed by atoms with E-state index in [2.05, 4.69) is 10.6 Å². The number of hydrogen-bond acceptors (Lipinski definition) is 5. The fourth-order valence-electron chi connectivity index (χ4n) is 2.51. The first-order valence-corrected chi connectivity index (χ1v) is 11.2. The summed E-state index contributed by atoms with van der Waals surface area (Å²) in [4.78, 5) is 25.1. The largest absolute Gasteiger partial charge is 0.348 e. The summed E-state index contributed by atoms with van der Waals surface area (Å²) in [6.07, 6.45) is 1.14. The summed E-state index contributed by atoms with van der Waals surface area (Å²) in [6.45, 7) is 0.232. The van der Waals surface area contributed by atoms with Crippen molar-refractivity contribution in [1.82, 2.24) is 5.32 Å². The lowest BCUT2D eigenvalue weighted by Gasteiger charge is -2.11. The fourth-order valence-corrected chi connectivity index (χ4v) is 3.78. The second-order valence-corrected chi connectivity index (χ2v) is 8.91. The van der Waals surface area contributed by atoms with Crippen molar-refractivity contribution in [3.63, 3.8) is 0 Å². The van der Waals surface area contributed by atoms with Crippen LogP contribution in [0.4, 0.5) is 5.69 Å². The van der Waals surface area contributed by atoms with Crippen molar-refractivity contribution in [3.05, 3.63) is 82.0 Å². The van der Waals surface area contributed by atoms with Gasteiger partial charge in [0.1, 0.15) is 0 Å². The Kier molecular flexibility index (Phi) is 5.91. The van der Waals surface area contributed by atoms with Crippen LogP contribution in [0.5, 0.6) is 0 Å². The number of rotatable bonds is 6. The second kappa shape index (κ2) is 8.37. The highest BCUT2D eigenvalue weighted by Gasteiger charge is 2.14.